The number of carbonyl (C=O) groups is 1. The lowest BCUT2D eigenvalue weighted by Crippen LogP contribution is -2.11. The van der Waals surface area contributed by atoms with E-state index in [0.717, 1.165) is 0 Å². The van der Waals surface area contributed by atoms with Crippen LogP contribution in [0, 0.1) is 0 Å². The molecule has 1 heterocycles. The van der Waals surface area contributed by atoms with Crippen molar-refractivity contribution in [2.75, 3.05) is 7.11 Å². The van der Waals surface area contributed by atoms with Gasteiger partial charge in [-0.2, -0.15) is 5.10 Å². The van der Waals surface area contributed by atoms with Crippen molar-refractivity contribution in [1.29, 1.82) is 0 Å². The Bertz CT molecular complexity index is 353. The third-order valence-electron chi connectivity index (χ3n) is 1.89. The Morgan fingerprint density at radius 3 is 2.79 bits per heavy atom. The van der Waals surface area contributed by atoms with Crippen molar-refractivity contribution in [3.63, 3.8) is 0 Å². The van der Waals surface area contributed by atoms with Crippen LogP contribution < -0.4 is 4.74 Å². The number of aromatic nitrogens is 2. The number of nitrogens with zero attached hydrogens (tertiary/aromatic N) is 2. The van der Waals surface area contributed by atoms with Gasteiger partial charge in [-0.25, -0.2) is 0 Å². The maximum absolute atomic E-state index is 11.5. The van der Waals surface area contributed by atoms with E-state index >= 15 is 0 Å². The number of carbonyl (C=O) groups excluding carboxylic acids is 1. The fourth-order valence-corrected chi connectivity index (χ4v) is 1.22. The lowest BCUT2D eigenvalue weighted by molar-refractivity contribution is 0.103. The van der Waals surface area contributed by atoms with Gasteiger partial charge in [0, 0.05) is 6.04 Å². The zero-order valence-corrected chi connectivity index (χ0v) is 8.65. The zero-order chi connectivity index (χ0) is 10.7. The van der Waals surface area contributed by atoms with Gasteiger partial charge < -0.3 is 4.74 Å². The highest BCUT2D eigenvalue weighted by molar-refractivity contribution is 6.04. The molecule has 4 nitrogen and oxygen atoms in total. The maximum Gasteiger partial charge on any atom is 0.207 e. The van der Waals surface area contributed by atoms with E-state index in [-0.39, 0.29) is 11.8 Å². The highest BCUT2D eigenvalue weighted by atomic mass is 16.5. The first kappa shape index (κ1) is 10.5. The Hall–Kier alpha value is -1.58. The summed E-state index contributed by atoms with van der Waals surface area (Å²) in [5.74, 6) is 0.316. The molecule has 0 N–H and O–H groups in total. The second kappa shape index (κ2) is 4.09. The van der Waals surface area contributed by atoms with Gasteiger partial charge >= 0.3 is 0 Å². The van der Waals surface area contributed by atoms with Gasteiger partial charge in [0.15, 0.2) is 11.4 Å². The van der Waals surface area contributed by atoms with Gasteiger partial charge in [0.2, 0.25) is 5.78 Å². The molecule has 1 rings (SSSR count). The molecule has 0 radical (unpaired) electrons. The molecular formula is C10H14N2O2. The average molecular weight is 194 g/mol. The Morgan fingerprint density at radius 1 is 1.71 bits per heavy atom. The summed E-state index contributed by atoms with van der Waals surface area (Å²) >= 11 is 0. The SMILES string of the molecule is C=CC(=O)c1c(OC)cnn1C(C)C. The van der Waals surface area contributed by atoms with E-state index in [1.165, 1.54) is 19.4 Å². The number of ether oxygens (including phenoxy) is 1. The van der Waals surface area contributed by atoms with Crippen LogP contribution in [-0.2, 0) is 0 Å². The van der Waals surface area contributed by atoms with Crippen molar-refractivity contribution < 1.29 is 9.53 Å². The predicted molar refractivity (Wildman–Crippen MR) is 53.7 cm³/mol. The Kier molecular flexibility index (Phi) is 3.06. The predicted octanol–water partition coefficient (Wildman–Crippen LogP) is 1.84. The number of rotatable bonds is 4. The van der Waals surface area contributed by atoms with Crippen molar-refractivity contribution in [2.45, 2.75) is 19.9 Å². The fraction of sp³-hybridized carbons (Fsp3) is 0.400. The number of hydrogen-bond acceptors (Lipinski definition) is 3. The van der Waals surface area contributed by atoms with Crippen LogP contribution in [0.5, 0.6) is 5.75 Å². The molecule has 0 fully saturated rings. The smallest absolute Gasteiger partial charge is 0.207 e. The van der Waals surface area contributed by atoms with Gasteiger partial charge in [0.25, 0.3) is 0 Å². The highest BCUT2D eigenvalue weighted by Crippen LogP contribution is 2.21. The van der Waals surface area contributed by atoms with Crippen LogP contribution in [0.2, 0.25) is 0 Å². The average Bonchev–Trinajstić information content (AvgIpc) is 2.59. The first-order valence-electron chi connectivity index (χ1n) is 4.40. The summed E-state index contributed by atoms with van der Waals surface area (Å²) in [4.78, 5) is 11.5. The molecule has 0 atom stereocenters. The van der Waals surface area contributed by atoms with Crippen LogP contribution in [0.4, 0.5) is 0 Å². The lowest BCUT2D eigenvalue weighted by Gasteiger charge is -2.09. The van der Waals surface area contributed by atoms with Gasteiger partial charge in [-0.15, -0.1) is 0 Å². The summed E-state index contributed by atoms with van der Waals surface area (Å²) in [5, 5.41) is 4.08. The van der Waals surface area contributed by atoms with E-state index in [1.807, 2.05) is 13.8 Å². The molecule has 1 aromatic rings. The quantitative estimate of drug-likeness (QED) is 0.542. The van der Waals surface area contributed by atoms with Crippen LogP contribution in [0.1, 0.15) is 30.4 Å². The van der Waals surface area contributed by atoms with Crippen molar-refractivity contribution in [3.8, 4) is 5.75 Å². The molecule has 1 aromatic heterocycles. The molecule has 0 amide bonds. The Labute approximate surface area is 83.2 Å². The summed E-state index contributed by atoms with van der Waals surface area (Å²) in [6.45, 7) is 7.35. The van der Waals surface area contributed by atoms with Crippen LogP contribution in [0.15, 0.2) is 18.9 Å². The third-order valence-corrected chi connectivity index (χ3v) is 1.89. The Balaban J connectivity index is 3.25. The first-order chi connectivity index (χ1) is 6.61. The second-order valence-corrected chi connectivity index (χ2v) is 3.17. The molecule has 4 heteroatoms. The molecule has 0 saturated heterocycles. The Morgan fingerprint density at radius 2 is 2.36 bits per heavy atom. The van der Waals surface area contributed by atoms with Gasteiger partial charge in [-0.05, 0) is 19.9 Å². The minimum Gasteiger partial charge on any atom is -0.493 e. The van der Waals surface area contributed by atoms with Crippen molar-refractivity contribution in [1.82, 2.24) is 9.78 Å². The number of methoxy groups -OCH3 is 1. The van der Waals surface area contributed by atoms with E-state index in [4.69, 9.17) is 4.74 Å². The minimum absolute atomic E-state index is 0.123. The van der Waals surface area contributed by atoms with Crippen LogP contribution >= 0.6 is 0 Å². The van der Waals surface area contributed by atoms with E-state index in [2.05, 4.69) is 11.7 Å². The standard InChI is InChI=1S/C10H14N2O2/c1-5-8(13)10-9(14-4)6-11-12(10)7(2)3/h5-7H,1H2,2-4H3. The van der Waals surface area contributed by atoms with E-state index in [1.54, 1.807) is 4.68 Å². The van der Waals surface area contributed by atoms with Crippen LogP contribution in [0.25, 0.3) is 0 Å². The van der Waals surface area contributed by atoms with Crippen LogP contribution in [0.3, 0.4) is 0 Å². The molecular weight excluding hydrogens is 180 g/mol. The summed E-state index contributed by atoms with van der Waals surface area (Å²) in [5.41, 5.74) is 0.456. The first-order valence-corrected chi connectivity index (χ1v) is 4.40. The number of allylic oxidation sites excluding steroid dienone is 1. The molecule has 0 saturated carbocycles. The lowest BCUT2D eigenvalue weighted by atomic mass is 10.2. The molecule has 0 aliphatic rings. The molecule has 0 spiro atoms. The molecule has 0 unspecified atom stereocenters. The van der Waals surface area contributed by atoms with Gasteiger partial charge in [-0.1, -0.05) is 6.58 Å². The van der Waals surface area contributed by atoms with E-state index in [0.29, 0.717) is 11.4 Å². The summed E-state index contributed by atoms with van der Waals surface area (Å²) in [7, 11) is 1.52. The minimum atomic E-state index is -0.173. The second-order valence-electron chi connectivity index (χ2n) is 3.17. The van der Waals surface area contributed by atoms with Crippen molar-refractivity contribution in [2.24, 2.45) is 0 Å². The molecule has 0 aromatic carbocycles. The topological polar surface area (TPSA) is 44.1 Å². The summed E-state index contributed by atoms with van der Waals surface area (Å²) in [6, 6.07) is 0.123. The number of ketones is 1. The molecule has 14 heavy (non-hydrogen) atoms. The van der Waals surface area contributed by atoms with Crippen LogP contribution in [-0.4, -0.2) is 22.7 Å². The van der Waals surface area contributed by atoms with Gasteiger partial charge in [-0.3, -0.25) is 9.48 Å². The molecule has 0 aliphatic carbocycles. The maximum atomic E-state index is 11.5. The fourth-order valence-electron chi connectivity index (χ4n) is 1.22. The molecule has 0 aliphatic heterocycles. The van der Waals surface area contributed by atoms with E-state index in [9.17, 15) is 4.79 Å². The number of hydrogen-bond donors (Lipinski definition) is 0. The zero-order valence-electron chi connectivity index (χ0n) is 8.65. The monoisotopic (exact) mass is 194 g/mol. The third kappa shape index (κ3) is 1.69. The van der Waals surface area contributed by atoms with E-state index < -0.39 is 0 Å². The largest absolute Gasteiger partial charge is 0.493 e. The summed E-state index contributed by atoms with van der Waals surface area (Å²) < 4.78 is 6.68. The van der Waals surface area contributed by atoms with Crippen molar-refractivity contribution >= 4 is 5.78 Å². The highest BCUT2D eigenvalue weighted by Gasteiger charge is 2.18. The molecule has 0 bridgehead atoms. The molecule has 76 valence electrons. The van der Waals surface area contributed by atoms with Gasteiger partial charge in [0.1, 0.15) is 0 Å². The normalized spacial score (nSPS) is 10.3. The van der Waals surface area contributed by atoms with Gasteiger partial charge in [0.05, 0.1) is 13.3 Å². The summed E-state index contributed by atoms with van der Waals surface area (Å²) in [6.07, 6.45) is 2.80. The van der Waals surface area contributed by atoms with Crippen molar-refractivity contribution in [3.05, 3.63) is 24.5 Å².